The van der Waals surface area contributed by atoms with E-state index in [1.54, 1.807) is 20.0 Å². The van der Waals surface area contributed by atoms with Crippen molar-refractivity contribution < 1.29 is 27.2 Å². The predicted octanol–water partition coefficient (Wildman–Crippen LogP) is 2.01. The van der Waals surface area contributed by atoms with Crippen LogP contribution in [0.2, 0.25) is 0 Å². The van der Waals surface area contributed by atoms with Gasteiger partial charge in [-0.05, 0) is 33.8 Å². The van der Waals surface area contributed by atoms with Crippen LogP contribution >= 0.6 is 14.5 Å². The van der Waals surface area contributed by atoms with Gasteiger partial charge < -0.3 is 14.3 Å². The van der Waals surface area contributed by atoms with E-state index in [0.29, 0.717) is 0 Å². The molecule has 1 N–H and O–H groups in total. The van der Waals surface area contributed by atoms with Crippen molar-refractivity contribution in [3.05, 3.63) is 0 Å². The molecule has 0 saturated heterocycles. The molecule has 0 atom stereocenters. The lowest BCUT2D eigenvalue weighted by Crippen LogP contribution is -1.86. The monoisotopic (exact) mass is 338 g/mol. The number of hydrogen-bond acceptors (Lipinski definition) is 5. The number of ketones is 1. The largest absolute Gasteiger partial charge is 0.345 e. The van der Waals surface area contributed by atoms with E-state index in [4.69, 9.17) is 4.89 Å². The van der Waals surface area contributed by atoms with Crippen LogP contribution < -0.4 is 0 Å². The molecule has 0 fully saturated rings. The van der Waals surface area contributed by atoms with Crippen molar-refractivity contribution in [3.8, 4) is 0 Å². The summed E-state index contributed by atoms with van der Waals surface area (Å²) in [5.74, 6) is 0.167. The summed E-state index contributed by atoms with van der Waals surface area (Å²) in [4.78, 5) is 17.5. The third-order valence-electron chi connectivity index (χ3n) is 0. The maximum Gasteiger partial charge on any atom is 0.194 e. The van der Waals surface area contributed by atoms with Crippen LogP contribution in [0.1, 0.15) is 13.8 Å². The summed E-state index contributed by atoms with van der Waals surface area (Å²) in [6, 6.07) is 0. The number of hydrogen-bond donors (Lipinski definition) is 1. The van der Waals surface area contributed by atoms with Crippen LogP contribution in [0.4, 0.5) is 0 Å². The van der Waals surface area contributed by atoms with Gasteiger partial charge in [0.15, 0.2) is 7.37 Å². The molecular formula is C10H28O6P2S. The number of carbonyl (C=O) groups is 1. The molecular weight excluding hydrogens is 310 g/mol. The minimum Gasteiger partial charge on any atom is -0.345 e. The Morgan fingerprint density at radius 2 is 0.895 bits per heavy atom. The molecule has 0 aliphatic rings. The summed E-state index contributed by atoms with van der Waals surface area (Å²) in [6.45, 7) is 10.9. The highest BCUT2D eigenvalue weighted by Gasteiger charge is 1.92. The van der Waals surface area contributed by atoms with E-state index in [0.717, 1.165) is 12.5 Å². The average Bonchev–Trinajstić information content (AvgIpc) is 1.66. The van der Waals surface area contributed by atoms with E-state index in [9.17, 15) is 22.3 Å². The standard InChI is InChI=1S/C3H9OP.C3H6O.C2H7O2P.C2H6O2S/c1-5(2,3)4;1-3(2)4;2*1-5(2,3)4/h1-3H3;1-2H3;1-2H3,(H,3,4);1-2H3. The number of Topliss-reactive ketones (excluding diaryl/α,β-unsaturated/α-hetero) is 1. The van der Waals surface area contributed by atoms with Crippen LogP contribution in [0.15, 0.2) is 0 Å². The average molecular weight is 338 g/mol. The van der Waals surface area contributed by atoms with Gasteiger partial charge in [0.1, 0.15) is 15.6 Å². The van der Waals surface area contributed by atoms with Gasteiger partial charge in [-0.2, -0.15) is 0 Å². The van der Waals surface area contributed by atoms with Gasteiger partial charge in [-0.25, -0.2) is 8.42 Å². The highest BCUT2D eigenvalue weighted by molar-refractivity contribution is 7.89. The van der Waals surface area contributed by atoms with Gasteiger partial charge >= 0.3 is 0 Å². The summed E-state index contributed by atoms with van der Waals surface area (Å²) in [5, 5.41) is 0. The molecule has 0 bridgehead atoms. The predicted molar refractivity (Wildman–Crippen MR) is 84.2 cm³/mol. The summed E-state index contributed by atoms with van der Waals surface area (Å²) in [6.07, 6.45) is 2.32. The fourth-order valence-corrected chi connectivity index (χ4v) is 0. The smallest absolute Gasteiger partial charge is 0.194 e. The number of carbonyl (C=O) groups excluding carboxylic acids is 1. The Kier molecular flexibility index (Phi) is 17.1. The molecule has 0 radical (unpaired) electrons. The zero-order valence-electron chi connectivity index (χ0n) is 13.3. The molecule has 120 valence electrons. The summed E-state index contributed by atoms with van der Waals surface area (Å²) in [5.41, 5.74) is 0. The molecule has 0 aliphatic carbocycles. The first-order chi connectivity index (χ1) is 7.73. The molecule has 0 aliphatic heterocycles. The number of sulfone groups is 1. The lowest BCUT2D eigenvalue weighted by atomic mass is 10.6. The first-order valence-electron chi connectivity index (χ1n) is 5.16. The molecule has 9 heteroatoms. The van der Waals surface area contributed by atoms with Crippen LogP contribution in [0.5, 0.6) is 0 Å². The van der Waals surface area contributed by atoms with Crippen molar-refractivity contribution in [2.75, 3.05) is 45.8 Å². The first-order valence-corrected chi connectivity index (χ1v) is 13.1. The maximum atomic E-state index is 10.2. The Morgan fingerprint density at radius 3 is 0.895 bits per heavy atom. The fraction of sp³-hybridized carbons (Fsp3) is 0.900. The molecule has 0 aromatic heterocycles. The summed E-state index contributed by atoms with van der Waals surface area (Å²) >= 11 is 0. The van der Waals surface area contributed by atoms with Gasteiger partial charge in [0.05, 0.1) is 7.14 Å². The SMILES string of the molecule is CC(C)=O.CP(C)(=O)O.CP(C)(C)=O.CS(C)(=O)=O. The maximum absolute atomic E-state index is 10.2. The van der Waals surface area contributed by atoms with E-state index in [1.807, 2.05) is 0 Å². The van der Waals surface area contributed by atoms with Crippen molar-refractivity contribution in [1.29, 1.82) is 0 Å². The Bertz CT molecular complexity index is 367. The van der Waals surface area contributed by atoms with Crippen LogP contribution in [0.25, 0.3) is 0 Å². The zero-order chi connectivity index (χ0) is 17.1. The van der Waals surface area contributed by atoms with Crippen molar-refractivity contribution in [2.24, 2.45) is 0 Å². The van der Waals surface area contributed by atoms with Crippen molar-refractivity contribution >= 4 is 30.1 Å². The zero-order valence-corrected chi connectivity index (χ0v) is 15.9. The van der Waals surface area contributed by atoms with Gasteiger partial charge in [-0.1, -0.05) is 0 Å². The van der Waals surface area contributed by atoms with Crippen molar-refractivity contribution in [1.82, 2.24) is 0 Å². The van der Waals surface area contributed by atoms with E-state index in [-0.39, 0.29) is 5.78 Å². The number of rotatable bonds is 0. The van der Waals surface area contributed by atoms with Crippen molar-refractivity contribution in [3.63, 3.8) is 0 Å². The normalized spacial score (nSPS) is 10.6. The molecule has 0 unspecified atom stereocenters. The molecule has 19 heavy (non-hydrogen) atoms. The van der Waals surface area contributed by atoms with Gasteiger partial charge in [-0.15, -0.1) is 0 Å². The highest BCUT2D eigenvalue weighted by Crippen LogP contribution is 2.28. The van der Waals surface area contributed by atoms with Crippen LogP contribution in [-0.4, -0.2) is 64.9 Å². The molecule has 0 amide bonds. The topological polar surface area (TPSA) is 106 Å². The molecule has 0 rings (SSSR count). The minimum atomic E-state index is -2.67. The molecule has 0 aromatic rings. The summed E-state index contributed by atoms with van der Waals surface area (Å²) < 4.78 is 39.2. The van der Waals surface area contributed by atoms with Gasteiger partial charge in [0.2, 0.25) is 0 Å². The third kappa shape index (κ3) is 2900000. The molecule has 0 aromatic carbocycles. The second-order valence-electron chi connectivity index (χ2n) is 5.23. The molecule has 0 heterocycles. The Hall–Kier alpha value is 0.0400. The second kappa shape index (κ2) is 11.8. The first kappa shape index (κ1) is 27.4. The molecule has 0 spiro atoms. The van der Waals surface area contributed by atoms with E-state index < -0.39 is 24.3 Å². The summed E-state index contributed by atoms with van der Waals surface area (Å²) in [7, 11) is -6.94. The van der Waals surface area contributed by atoms with Crippen molar-refractivity contribution in [2.45, 2.75) is 13.8 Å². The van der Waals surface area contributed by atoms with Gasteiger partial charge in [0, 0.05) is 25.8 Å². The van der Waals surface area contributed by atoms with E-state index >= 15 is 0 Å². The molecule has 6 nitrogen and oxygen atoms in total. The van der Waals surface area contributed by atoms with Gasteiger partial charge in [-0.3, -0.25) is 4.57 Å². The van der Waals surface area contributed by atoms with E-state index in [2.05, 4.69) is 0 Å². The van der Waals surface area contributed by atoms with Crippen LogP contribution in [0.3, 0.4) is 0 Å². The molecule has 0 saturated carbocycles. The third-order valence-corrected chi connectivity index (χ3v) is 0. The fourth-order valence-electron chi connectivity index (χ4n) is 0. The van der Waals surface area contributed by atoms with Crippen LogP contribution in [-0.2, 0) is 23.8 Å². The Labute approximate surface area is 117 Å². The highest BCUT2D eigenvalue weighted by atomic mass is 32.2. The van der Waals surface area contributed by atoms with Crippen LogP contribution in [0, 0.1) is 0 Å². The lowest BCUT2D eigenvalue weighted by Gasteiger charge is -1.86. The Balaban J connectivity index is -0.0000000793. The van der Waals surface area contributed by atoms with Gasteiger partial charge in [0.25, 0.3) is 0 Å². The van der Waals surface area contributed by atoms with E-state index in [1.165, 1.54) is 27.2 Å². The Morgan fingerprint density at radius 1 is 0.895 bits per heavy atom. The second-order valence-corrected chi connectivity index (χ2v) is 13.9. The lowest BCUT2D eigenvalue weighted by molar-refractivity contribution is -0.115. The minimum absolute atomic E-state index is 0.167. The quantitative estimate of drug-likeness (QED) is 0.677.